The lowest BCUT2D eigenvalue weighted by atomic mass is 9.95. The van der Waals surface area contributed by atoms with Crippen LogP contribution in [-0.2, 0) is 0 Å². The van der Waals surface area contributed by atoms with Crippen LogP contribution in [0.15, 0.2) is 48.5 Å². The van der Waals surface area contributed by atoms with Gasteiger partial charge in [-0.3, -0.25) is 0 Å². The first-order valence-corrected chi connectivity index (χ1v) is 11.8. The average Bonchev–Trinajstić information content (AvgIpc) is 2.83. The summed E-state index contributed by atoms with van der Waals surface area (Å²) in [5, 5.41) is 8.33. The van der Waals surface area contributed by atoms with Gasteiger partial charge in [-0.15, -0.1) is 0 Å². The van der Waals surface area contributed by atoms with Crippen molar-refractivity contribution < 1.29 is 0 Å². The molecule has 25 heavy (non-hydrogen) atoms. The van der Waals surface area contributed by atoms with Gasteiger partial charge in [0.15, 0.2) is 0 Å². The number of hydrogen-bond donors (Lipinski definition) is 0. The topological polar surface area (TPSA) is 25.8 Å². The number of hydrogen-bond acceptors (Lipinski definition) is 2. The maximum atomic E-state index is 4.93. The average molecular weight is 341 g/mol. The largest absolute Gasteiger partial charge is 0.239 e. The van der Waals surface area contributed by atoms with Crippen molar-refractivity contribution >= 4 is 40.0 Å². The minimum absolute atomic E-state index is 0.867. The van der Waals surface area contributed by atoms with E-state index in [1.807, 2.05) is 6.92 Å². The zero-order valence-corrected chi connectivity index (χ0v) is 16.0. The van der Waals surface area contributed by atoms with Crippen LogP contribution in [-0.4, -0.2) is 18.0 Å². The second-order valence-electron chi connectivity index (χ2n) is 7.55. The van der Waals surface area contributed by atoms with Gasteiger partial charge in [-0.05, 0) is 45.8 Å². The van der Waals surface area contributed by atoms with Gasteiger partial charge >= 0.3 is 0 Å². The van der Waals surface area contributed by atoms with E-state index in [2.05, 4.69) is 68.5 Å². The second-order valence-corrected chi connectivity index (χ2v) is 11.8. The van der Waals surface area contributed by atoms with Crippen LogP contribution < -0.4 is 10.4 Å². The summed E-state index contributed by atoms with van der Waals surface area (Å²) in [5.74, 6) is 0.867. The molecule has 0 bridgehead atoms. The van der Waals surface area contributed by atoms with E-state index in [0.29, 0.717) is 0 Å². The summed E-state index contributed by atoms with van der Waals surface area (Å²) in [4.78, 5) is 9.64. The lowest BCUT2D eigenvalue weighted by Crippen LogP contribution is -2.51. The smallest absolute Gasteiger partial charge is 0.126 e. The van der Waals surface area contributed by atoms with E-state index in [1.54, 1.807) is 0 Å². The van der Waals surface area contributed by atoms with Crippen molar-refractivity contribution in [1.82, 2.24) is 9.97 Å². The summed E-state index contributed by atoms with van der Waals surface area (Å²) in [5.41, 5.74) is 3.69. The SMILES string of the molecule is Cc1nc(C)c2c(n1)-c1c(c3ccccc3c3ccccc13)[Si]2(C)C. The molecule has 0 amide bonds. The molecule has 0 atom stereocenters. The van der Waals surface area contributed by atoms with Gasteiger partial charge in [-0.1, -0.05) is 61.6 Å². The molecule has 122 valence electrons. The van der Waals surface area contributed by atoms with Gasteiger partial charge in [0.05, 0.1) is 5.69 Å². The van der Waals surface area contributed by atoms with Gasteiger partial charge in [0.1, 0.15) is 13.9 Å². The van der Waals surface area contributed by atoms with E-state index in [-0.39, 0.29) is 0 Å². The molecule has 0 N–H and O–H groups in total. The first-order valence-electron chi connectivity index (χ1n) is 8.80. The zero-order chi connectivity index (χ0) is 17.3. The highest BCUT2D eigenvalue weighted by Crippen LogP contribution is 2.38. The Labute approximate surface area is 148 Å². The van der Waals surface area contributed by atoms with Crippen LogP contribution in [0.1, 0.15) is 11.5 Å². The van der Waals surface area contributed by atoms with Gasteiger partial charge in [-0.25, -0.2) is 9.97 Å². The third-order valence-corrected chi connectivity index (χ3v) is 9.24. The first-order chi connectivity index (χ1) is 12.0. The molecular formula is C22H20N2Si. The van der Waals surface area contributed by atoms with Crippen LogP contribution in [0, 0.1) is 13.8 Å². The van der Waals surface area contributed by atoms with Crippen LogP contribution in [0.3, 0.4) is 0 Å². The summed E-state index contributed by atoms with van der Waals surface area (Å²) in [7, 11) is -1.86. The number of rotatable bonds is 0. The molecule has 0 radical (unpaired) electrons. The fourth-order valence-corrected chi connectivity index (χ4v) is 8.56. The Morgan fingerprint density at radius 2 is 1.24 bits per heavy atom. The van der Waals surface area contributed by atoms with E-state index < -0.39 is 8.07 Å². The van der Waals surface area contributed by atoms with Crippen molar-refractivity contribution in [3.8, 4) is 11.3 Å². The molecule has 1 aliphatic rings. The molecule has 0 unspecified atom stereocenters. The standard InChI is InChI=1S/C22H20N2Si/c1-13-21-20(24-14(2)23-13)19-17-11-7-5-9-15(17)16-10-6-8-12-18(16)22(19)25(21,3)4/h5-12H,1-4H3. The zero-order valence-electron chi connectivity index (χ0n) is 15.0. The number of benzene rings is 3. The molecule has 4 aromatic rings. The predicted octanol–water partition coefficient (Wildman–Crippen LogP) is 4.20. The predicted molar refractivity (Wildman–Crippen MR) is 109 cm³/mol. The molecule has 0 fully saturated rings. The molecule has 0 saturated heterocycles. The number of nitrogens with zero attached hydrogens (tertiary/aromatic N) is 2. The maximum absolute atomic E-state index is 4.93. The summed E-state index contributed by atoms with van der Waals surface area (Å²) in [6.45, 7) is 9.05. The quantitative estimate of drug-likeness (QED) is 0.354. The summed E-state index contributed by atoms with van der Waals surface area (Å²) < 4.78 is 0. The van der Waals surface area contributed by atoms with Crippen LogP contribution in [0.5, 0.6) is 0 Å². The molecule has 2 nitrogen and oxygen atoms in total. The van der Waals surface area contributed by atoms with E-state index in [0.717, 1.165) is 11.5 Å². The molecule has 0 aliphatic carbocycles. The van der Waals surface area contributed by atoms with E-state index in [9.17, 15) is 0 Å². The Morgan fingerprint density at radius 3 is 1.92 bits per heavy atom. The Hall–Kier alpha value is -2.52. The molecule has 3 heteroatoms. The molecule has 5 rings (SSSR count). The second kappa shape index (κ2) is 4.76. The Kier molecular flexibility index (Phi) is 2.82. The van der Waals surface area contributed by atoms with Crippen LogP contribution >= 0.6 is 0 Å². The first kappa shape index (κ1) is 14.8. The van der Waals surface area contributed by atoms with Crippen molar-refractivity contribution in [2.24, 2.45) is 0 Å². The van der Waals surface area contributed by atoms with Gasteiger partial charge in [0.2, 0.25) is 0 Å². The highest BCUT2D eigenvalue weighted by Gasteiger charge is 2.42. The molecule has 2 heterocycles. The van der Waals surface area contributed by atoms with Crippen molar-refractivity contribution in [2.75, 3.05) is 0 Å². The maximum Gasteiger partial charge on any atom is 0.126 e. The minimum atomic E-state index is -1.86. The fraction of sp³-hybridized carbons (Fsp3) is 0.182. The van der Waals surface area contributed by atoms with Gasteiger partial charge in [0.25, 0.3) is 0 Å². The molecule has 1 aliphatic heterocycles. The number of fused-ring (bicyclic) bond motifs is 8. The highest BCUT2D eigenvalue weighted by molar-refractivity contribution is 7.05. The van der Waals surface area contributed by atoms with E-state index in [1.165, 1.54) is 43.2 Å². The van der Waals surface area contributed by atoms with Crippen molar-refractivity contribution in [2.45, 2.75) is 26.9 Å². The van der Waals surface area contributed by atoms with Crippen molar-refractivity contribution in [3.05, 3.63) is 60.0 Å². The summed E-state index contributed by atoms with van der Waals surface area (Å²) >= 11 is 0. The van der Waals surface area contributed by atoms with E-state index >= 15 is 0 Å². The fourth-order valence-electron chi connectivity index (χ4n) is 4.80. The molecular weight excluding hydrogens is 320 g/mol. The molecule has 0 saturated carbocycles. The summed E-state index contributed by atoms with van der Waals surface area (Å²) in [6, 6.07) is 17.6. The summed E-state index contributed by atoms with van der Waals surface area (Å²) in [6.07, 6.45) is 0. The van der Waals surface area contributed by atoms with Crippen LogP contribution in [0.2, 0.25) is 13.1 Å². The third kappa shape index (κ3) is 1.79. The lowest BCUT2D eigenvalue weighted by Gasteiger charge is -2.22. The molecule has 0 spiro atoms. The van der Waals surface area contributed by atoms with Crippen molar-refractivity contribution in [1.29, 1.82) is 0 Å². The number of aryl methyl sites for hydroxylation is 2. The normalized spacial score (nSPS) is 14.7. The molecule has 1 aromatic heterocycles. The monoisotopic (exact) mass is 340 g/mol. The minimum Gasteiger partial charge on any atom is -0.239 e. The van der Waals surface area contributed by atoms with Gasteiger partial charge in [-0.2, -0.15) is 0 Å². The lowest BCUT2D eigenvalue weighted by molar-refractivity contribution is 1.03. The van der Waals surface area contributed by atoms with Gasteiger partial charge < -0.3 is 0 Å². The highest BCUT2D eigenvalue weighted by atomic mass is 28.3. The Balaban J connectivity index is 2.12. The third-order valence-electron chi connectivity index (χ3n) is 5.62. The Bertz CT molecular complexity index is 1190. The van der Waals surface area contributed by atoms with Gasteiger partial charge in [0, 0.05) is 11.3 Å². The van der Waals surface area contributed by atoms with Crippen molar-refractivity contribution in [3.63, 3.8) is 0 Å². The molecule has 3 aromatic carbocycles. The van der Waals surface area contributed by atoms with Crippen LogP contribution in [0.4, 0.5) is 0 Å². The number of aromatic nitrogens is 2. The van der Waals surface area contributed by atoms with E-state index in [4.69, 9.17) is 9.97 Å². The Morgan fingerprint density at radius 1 is 0.680 bits per heavy atom. The van der Waals surface area contributed by atoms with Crippen LogP contribution in [0.25, 0.3) is 32.8 Å².